The Labute approximate surface area is 174 Å². The van der Waals surface area contributed by atoms with Crippen LogP contribution in [0.2, 0.25) is 0 Å². The topological polar surface area (TPSA) is 96.6 Å². The minimum absolute atomic E-state index is 0.184. The number of benzene rings is 1. The van der Waals surface area contributed by atoms with Crippen LogP contribution < -0.4 is 10.7 Å². The van der Waals surface area contributed by atoms with Crippen LogP contribution in [0.15, 0.2) is 64.4 Å². The maximum atomic E-state index is 12.7. The van der Waals surface area contributed by atoms with E-state index >= 15 is 0 Å². The van der Waals surface area contributed by atoms with Crippen LogP contribution in [0.1, 0.15) is 45.8 Å². The highest BCUT2D eigenvalue weighted by atomic mass is 16.4. The van der Waals surface area contributed by atoms with E-state index in [0.717, 1.165) is 41.0 Å². The van der Waals surface area contributed by atoms with Gasteiger partial charge in [-0.05, 0) is 37.5 Å². The second kappa shape index (κ2) is 8.73. The molecule has 3 aromatic rings. The number of hydrazone groups is 1. The summed E-state index contributed by atoms with van der Waals surface area (Å²) in [5.41, 5.74) is 6.44. The van der Waals surface area contributed by atoms with E-state index in [9.17, 15) is 9.59 Å². The number of carbonyl (C=O) groups excluding carboxylic acids is 2. The third-order valence-electron chi connectivity index (χ3n) is 4.97. The number of aromatic nitrogens is 1. The van der Waals surface area contributed by atoms with Gasteiger partial charge in [0, 0.05) is 23.7 Å². The minimum atomic E-state index is -0.331. The summed E-state index contributed by atoms with van der Waals surface area (Å²) in [7, 11) is 0. The molecule has 0 aliphatic heterocycles. The first-order valence-corrected chi connectivity index (χ1v) is 9.85. The van der Waals surface area contributed by atoms with Gasteiger partial charge in [-0.1, -0.05) is 30.3 Å². The smallest absolute Gasteiger partial charge is 0.291 e. The second-order valence-electron chi connectivity index (χ2n) is 7.16. The molecule has 0 radical (unpaired) electrons. The van der Waals surface area contributed by atoms with E-state index in [4.69, 9.17) is 4.42 Å². The number of amides is 2. The molecule has 2 amide bonds. The molecule has 0 atom stereocenters. The molecule has 7 nitrogen and oxygen atoms in total. The second-order valence-corrected chi connectivity index (χ2v) is 7.16. The zero-order chi connectivity index (χ0) is 20.9. The quantitative estimate of drug-likeness (QED) is 0.637. The lowest BCUT2D eigenvalue weighted by Crippen LogP contribution is -2.23. The average Bonchev–Trinajstić information content (AvgIpc) is 3.11. The van der Waals surface area contributed by atoms with Crippen LogP contribution in [-0.2, 0) is 17.6 Å². The number of hydrogen-bond donors (Lipinski definition) is 2. The number of hydrogen-bond acceptors (Lipinski definition) is 5. The molecule has 0 saturated heterocycles. The van der Waals surface area contributed by atoms with Gasteiger partial charge in [0.05, 0.1) is 24.0 Å². The lowest BCUT2D eigenvalue weighted by Gasteiger charge is -2.13. The molecular formula is C23H22N4O3. The summed E-state index contributed by atoms with van der Waals surface area (Å²) in [6.07, 6.45) is 5.76. The maximum absolute atomic E-state index is 12.7. The first kappa shape index (κ1) is 19.6. The molecule has 0 spiro atoms. The number of fused-ring (bicyclic) bond motifs is 1. The van der Waals surface area contributed by atoms with Crippen LogP contribution >= 0.6 is 0 Å². The fourth-order valence-electron chi connectivity index (χ4n) is 3.57. The Hall–Kier alpha value is -3.74. The highest BCUT2D eigenvalue weighted by Gasteiger charge is 2.28. The number of rotatable bonds is 5. The number of pyridine rings is 1. The predicted molar refractivity (Wildman–Crippen MR) is 113 cm³/mol. The molecular weight excluding hydrogens is 380 g/mol. The third-order valence-corrected chi connectivity index (χ3v) is 4.97. The summed E-state index contributed by atoms with van der Waals surface area (Å²) < 4.78 is 5.88. The maximum Gasteiger partial charge on any atom is 0.291 e. The summed E-state index contributed by atoms with van der Waals surface area (Å²) in [5.74, 6) is 0.471. The largest absolute Gasteiger partial charge is 0.455 e. The van der Waals surface area contributed by atoms with Gasteiger partial charge in [0.25, 0.3) is 5.91 Å². The van der Waals surface area contributed by atoms with Gasteiger partial charge in [0.2, 0.25) is 5.91 Å². The van der Waals surface area contributed by atoms with E-state index in [1.165, 1.54) is 0 Å². The number of carbonyl (C=O) groups is 2. The highest BCUT2D eigenvalue weighted by Crippen LogP contribution is 2.30. The fourth-order valence-corrected chi connectivity index (χ4v) is 3.57. The lowest BCUT2D eigenvalue weighted by atomic mass is 9.93. The van der Waals surface area contributed by atoms with Gasteiger partial charge in [0.1, 0.15) is 5.76 Å². The van der Waals surface area contributed by atoms with Crippen molar-refractivity contribution in [1.29, 1.82) is 0 Å². The lowest BCUT2D eigenvalue weighted by molar-refractivity contribution is -0.120. The molecule has 152 valence electrons. The predicted octanol–water partition coefficient (Wildman–Crippen LogP) is 3.63. The Morgan fingerprint density at radius 2 is 1.97 bits per heavy atom. The van der Waals surface area contributed by atoms with Gasteiger partial charge >= 0.3 is 0 Å². The zero-order valence-electron chi connectivity index (χ0n) is 16.6. The molecule has 0 bridgehead atoms. The summed E-state index contributed by atoms with van der Waals surface area (Å²) in [5, 5.41) is 7.15. The molecule has 4 rings (SSSR count). The molecule has 7 heteroatoms. The van der Waals surface area contributed by atoms with Crippen LogP contribution in [-0.4, -0.2) is 22.5 Å². The number of furan rings is 1. The van der Waals surface area contributed by atoms with Crippen molar-refractivity contribution in [2.24, 2.45) is 5.10 Å². The van der Waals surface area contributed by atoms with Gasteiger partial charge in [-0.3, -0.25) is 14.6 Å². The van der Waals surface area contributed by atoms with E-state index in [-0.39, 0.29) is 24.0 Å². The SMILES string of the molecule is Cc1c(C(=O)Nc2cccnc2)oc2c1/C(=N/NC(=O)Cc1ccccc1)CCC2. The zero-order valence-corrected chi connectivity index (χ0v) is 16.6. The summed E-state index contributed by atoms with van der Waals surface area (Å²) in [6.45, 7) is 1.84. The Morgan fingerprint density at radius 1 is 1.13 bits per heavy atom. The Morgan fingerprint density at radius 3 is 2.73 bits per heavy atom. The summed E-state index contributed by atoms with van der Waals surface area (Å²) >= 11 is 0. The number of anilines is 1. The highest BCUT2D eigenvalue weighted by molar-refractivity contribution is 6.09. The van der Waals surface area contributed by atoms with Gasteiger partial charge in [-0.15, -0.1) is 0 Å². The number of nitrogens with zero attached hydrogens (tertiary/aromatic N) is 2. The molecule has 0 fully saturated rings. The Kier molecular flexibility index (Phi) is 5.70. The van der Waals surface area contributed by atoms with Crippen molar-refractivity contribution in [3.05, 3.63) is 83.1 Å². The molecule has 0 unspecified atom stereocenters. The van der Waals surface area contributed by atoms with E-state index in [0.29, 0.717) is 12.1 Å². The monoisotopic (exact) mass is 402 g/mol. The van der Waals surface area contributed by atoms with Crippen molar-refractivity contribution in [2.75, 3.05) is 5.32 Å². The number of aryl methyl sites for hydroxylation is 1. The summed E-state index contributed by atoms with van der Waals surface area (Å²) in [4.78, 5) is 28.9. The number of nitrogens with one attached hydrogen (secondary N) is 2. The van der Waals surface area contributed by atoms with Crippen LogP contribution in [0.5, 0.6) is 0 Å². The Bertz CT molecular complexity index is 1090. The van der Waals surface area contributed by atoms with E-state index in [1.807, 2.05) is 37.3 Å². The minimum Gasteiger partial charge on any atom is -0.455 e. The molecule has 2 N–H and O–H groups in total. The van der Waals surface area contributed by atoms with Crippen molar-refractivity contribution in [1.82, 2.24) is 10.4 Å². The van der Waals surface area contributed by atoms with Crippen LogP contribution in [0.4, 0.5) is 5.69 Å². The first-order chi connectivity index (χ1) is 14.6. The third kappa shape index (κ3) is 4.30. The Balaban J connectivity index is 1.51. The molecule has 2 aromatic heterocycles. The summed E-state index contributed by atoms with van der Waals surface area (Å²) in [6, 6.07) is 13.0. The van der Waals surface area contributed by atoms with Crippen molar-refractivity contribution in [2.45, 2.75) is 32.6 Å². The molecule has 0 saturated carbocycles. The standard InChI is InChI=1S/C23H22N4O3/c1-15-21-18(26-27-20(28)13-16-7-3-2-4-8-16)10-5-11-19(21)30-22(15)23(29)25-17-9-6-12-24-14-17/h2-4,6-9,12,14H,5,10-11,13H2,1H3,(H,25,29)(H,27,28)/b26-18+. The van der Waals surface area contributed by atoms with E-state index in [2.05, 4.69) is 20.8 Å². The van der Waals surface area contributed by atoms with Crippen molar-refractivity contribution in [3.63, 3.8) is 0 Å². The van der Waals surface area contributed by atoms with Crippen molar-refractivity contribution in [3.8, 4) is 0 Å². The van der Waals surface area contributed by atoms with Crippen LogP contribution in [0.3, 0.4) is 0 Å². The fraction of sp³-hybridized carbons (Fsp3) is 0.217. The molecule has 2 heterocycles. The van der Waals surface area contributed by atoms with Gasteiger partial charge in [-0.2, -0.15) is 5.10 Å². The first-order valence-electron chi connectivity index (χ1n) is 9.85. The molecule has 1 aliphatic rings. The molecule has 30 heavy (non-hydrogen) atoms. The van der Waals surface area contributed by atoms with E-state index < -0.39 is 0 Å². The van der Waals surface area contributed by atoms with Gasteiger partial charge < -0.3 is 9.73 Å². The molecule has 1 aliphatic carbocycles. The van der Waals surface area contributed by atoms with Gasteiger partial charge in [0.15, 0.2) is 5.76 Å². The van der Waals surface area contributed by atoms with Crippen LogP contribution in [0, 0.1) is 6.92 Å². The average molecular weight is 402 g/mol. The molecule has 1 aromatic carbocycles. The van der Waals surface area contributed by atoms with Crippen molar-refractivity contribution < 1.29 is 14.0 Å². The van der Waals surface area contributed by atoms with Crippen LogP contribution in [0.25, 0.3) is 0 Å². The van der Waals surface area contributed by atoms with Gasteiger partial charge in [-0.25, -0.2) is 5.43 Å². The van der Waals surface area contributed by atoms with E-state index in [1.54, 1.807) is 24.5 Å². The normalized spacial score (nSPS) is 14.2. The van der Waals surface area contributed by atoms with Crippen molar-refractivity contribution >= 4 is 23.2 Å².